The zero-order valence-corrected chi connectivity index (χ0v) is 20.5. The lowest BCUT2D eigenvalue weighted by atomic mass is 9.77. The first-order chi connectivity index (χ1) is 17.8. The standard InChI is InChI=1S/C24H25F6N7O/c1-14(2)37-12-10-18(34-37)17-13-22(24(28,29)30,31-21(38)19(17)20-32-35-36-33-20)16-8-6-15(7-9-16)5-3-4-11-23(25,26)27/h6-10,12,14H,3-5,11,13H2,1-2H3,(H,31,38)(H,32,33,35,36)/t22-/m0/s1. The van der Waals surface area contributed by atoms with Crippen molar-refractivity contribution in [3.8, 4) is 0 Å². The van der Waals surface area contributed by atoms with E-state index in [1.54, 1.807) is 10.9 Å². The van der Waals surface area contributed by atoms with Crippen molar-refractivity contribution in [1.29, 1.82) is 0 Å². The van der Waals surface area contributed by atoms with Gasteiger partial charge in [0.05, 0.1) is 11.3 Å². The number of unbranched alkanes of at least 4 members (excludes halogenated alkanes) is 1. The summed E-state index contributed by atoms with van der Waals surface area (Å²) in [5.74, 6) is -1.13. The molecule has 14 heteroatoms. The highest BCUT2D eigenvalue weighted by Gasteiger charge is 2.60. The van der Waals surface area contributed by atoms with E-state index in [1.807, 2.05) is 13.8 Å². The van der Waals surface area contributed by atoms with Crippen molar-refractivity contribution in [1.82, 2.24) is 35.7 Å². The lowest BCUT2D eigenvalue weighted by molar-refractivity contribution is -0.201. The first-order valence-corrected chi connectivity index (χ1v) is 11.9. The van der Waals surface area contributed by atoms with E-state index in [4.69, 9.17) is 0 Å². The van der Waals surface area contributed by atoms with Gasteiger partial charge >= 0.3 is 12.4 Å². The molecule has 1 aliphatic rings. The number of tetrazole rings is 1. The van der Waals surface area contributed by atoms with Crippen LogP contribution in [0.1, 0.15) is 68.2 Å². The second-order valence-corrected chi connectivity index (χ2v) is 9.43. The van der Waals surface area contributed by atoms with Gasteiger partial charge in [-0.25, -0.2) is 5.10 Å². The summed E-state index contributed by atoms with van der Waals surface area (Å²) in [6, 6.07) is 6.83. The molecule has 0 radical (unpaired) electrons. The maximum Gasteiger partial charge on any atom is 0.416 e. The number of amides is 1. The van der Waals surface area contributed by atoms with Gasteiger partial charge in [0.15, 0.2) is 11.4 Å². The maximum absolute atomic E-state index is 14.8. The number of carbonyl (C=O) groups excluding carboxylic acids is 1. The van der Waals surface area contributed by atoms with Gasteiger partial charge in [-0.1, -0.05) is 24.3 Å². The van der Waals surface area contributed by atoms with Crippen LogP contribution >= 0.6 is 0 Å². The number of hydrogen-bond donors (Lipinski definition) is 2. The van der Waals surface area contributed by atoms with Crippen molar-refractivity contribution >= 4 is 17.1 Å². The first-order valence-electron chi connectivity index (χ1n) is 11.9. The summed E-state index contributed by atoms with van der Waals surface area (Å²) >= 11 is 0. The molecule has 1 amide bonds. The Kier molecular flexibility index (Phi) is 7.35. The molecule has 38 heavy (non-hydrogen) atoms. The van der Waals surface area contributed by atoms with E-state index in [-0.39, 0.29) is 53.5 Å². The van der Waals surface area contributed by atoms with Crippen molar-refractivity contribution in [3.63, 3.8) is 0 Å². The van der Waals surface area contributed by atoms with E-state index in [9.17, 15) is 31.1 Å². The number of aromatic nitrogens is 6. The van der Waals surface area contributed by atoms with Gasteiger partial charge in [0.1, 0.15) is 0 Å². The van der Waals surface area contributed by atoms with Gasteiger partial charge < -0.3 is 5.32 Å². The molecule has 4 rings (SSSR count). The van der Waals surface area contributed by atoms with Crippen LogP contribution in [0, 0.1) is 0 Å². The van der Waals surface area contributed by atoms with Crippen LogP contribution in [0.25, 0.3) is 11.1 Å². The highest BCUT2D eigenvalue weighted by atomic mass is 19.4. The van der Waals surface area contributed by atoms with Crippen molar-refractivity contribution < 1.29 is 31.1 Å². The molecule has 1 aromatic carbocycles. The van der Waals surface area contributed by atoms with Gasteiger partial charge in [-0.15, -0.1) is 5.10 Å². The Morgan fingerprint density at radius 2 is 1.76 bits per heavy atom. The zero-order valence-electron chi connectivity index (χ0n) is 20.5. The fraction of sp³-hybridized carbons (Fsp3) is 0.458. The highest BCUT2D eigenvalue weighted by Crippen LogP contribution is 2.49. The van der Waals surface area contributed by atoms with E-state index in [0.29, 0.717) is 5.56 Å². The minimum absolute atomic E-state index is 0.0141. The number of alkyl halides is 6. The minimum atomic E-state index is -4.91. The van der Waals surface area contributed by atoms with Gasteiger partial charge in [0, 0.05) is 25.1 Å². The SMILES string of the molecule is CC(C)n1ccc(C2=C(c3nnn[nH]3)C(=O)N[C@@](c3ccc(CCCCC(F)(F)F)cc3)(C(F)(F)F)C2)n1. The largest absolute Gasteiger partial charge is 0.416 e. The second kappa shape index (κ2) is 10.2. The molecule has 0 saturated carbocycles. The van der Waals surface area contributed by atoms with Crippen molar-refractivity contribution in [2.45, 2.75) is 69.9 Å². The van der Waals surface area contributed by atoms with E-state index >= 15 is 0 Å². The Hall–Kier alpha value is -3.71. The third-order valence-electron chi connectivity index (χ3n) is 6.43. The molecule has 0 aliphatic carbocycles. The monoisotopic (exact) mass is 541 g/mol. The van der Waals surface area contributed by atoms with Gasteiger partial charge in [-0.05, 0) is 66.3 Å². The number of nitrogens with one attached hydrogen (secondary N) is 2. The fourth-order valence-corrected chi connectivity index (χ4v) is 4.43. The summed E-state index contributed by atoms with van der Waals surface area (Å²) in [6.07, 6.45) is -8.71. The maximum atomic E-state index is 14.8. The van der Waals surface area contributed by atoms with Crippen LogP contribution in [0.4, 0.5) is 26.3 Å². The number of halogens is 6. The molecular formula is C24H25F6N7O. The minimum Gasteiger partial charge on any atom is -0.334 e. The van der Waals surface area contributed by atoms with Crippen LogP contribution in [-0.2, 0) is 16.8 Å². The number of rotatable bonds is 8. The third kappa shape index (κ3) is 5.58. The predicted octanol–water partition coefficient (Wildman–Crippen LogP) is 5.14. The Morgan fingerprint density at radius 1 is 1.05 bits per heavy atom. The molecule has 0 spiro atoms. The summed E-state index contributed by atoms with van der Waals surface area (Å²) in [6.45, 7) is 3.70. The van der Waals surface area contributed by atoms with Gasteiger partial charge in [-0.3, -0.25) is 9.48 Å². The Bertz CT molecular complexity index is 1290. The molecule has 0 saturated heterocycles. The average Bonchev–Trinajstić information content (AvgIpc) is 3.53. The molecule has 0 unspecified atom stereocenters. The molecule has 0 bridgehead atoms. The normalized spacial score (nSPS) is 18.8. The molecule has 1 aliphatic heterocycles. The molecule has 3 aromatic rings. The van der Waals surface area contributed by atoms with Crippen LogP contribution in [0.2, 0.25) is 0 Å². The molecule has 2 N–H and O–H groups in total. The number of nitrogens with zero attached hydrogens (tertiary/aromatic N) is 5. The van der Waals surface area contributed by atoms with E-state index in [2.05, 4.69) is 31.0 Å². The number of benzene rings is 1. The Labute approximate surface area is 213 Å². The van der Waals surface area contributed by atoms with E-state index in [0.717, 1.165) is 0 Å². The van der Waals surface area contributed by atoms with Gasteiger partial charge in [0.2, 0.25) is 0 Å². The molecule has 3 heterocycles. The summed E-state index contributed by atoms with van der Waals surface area (Å²) < 4.78 is 83.1. The van der Waals surface area contributed by atoms with Crippen LogP contribution < -0.4 is 5.32 Å². The summed E-state index contributed by atoms with van der Waals surface area (Å²) in [4.78, 5) is 13.3. The molecule has 204 valence electrons. The number of carbonyl (C=O) groups is 1. The Balaban J connectivity index is 1.71. The average molecular weight is 542 g/mol. The molecule has 2 aromatic heterocycles. The van der Waals surface area contributed by atoms with Gasteiger partial charge in [-0.2, -0.15) is 31.4 Å². The Morgan fingerprint density at radius 3 is 2.32 bits per heavy atom. The van der Waals surface area contributed by atoms with Crippen LogP contribution in [0.15, 0.2) is 36.5 Å². The number of hydrogen-bond acceptors (Lipinski definition) is 5. The van der Waals surface area contributed by atoms with E-state index < -0.39 is 36.6 Å². The van der Waals surface area contributed by atoms with E-state index in [1.165, 1.54) is 30.3 Å². The number of aryl methyl sites for hydroxylation is 1. The highest BCUT2D eigenvalue weighted by molar-refractivity contribution is 6.27. The molecule has 8 nitrogen and oxygen atoms in total. The predicted molar refractivity (Wildman–Crippen MR) is 124 cm³/mol. The molecular weight excluding hydrogens is 516 g/mol. The summed E-state index contributed by atoms with van der Waals surface area (Å²) in [5, 5.41) is 19.6. The zero-order chi connectivity index (χ0) is 27.7. The fourth-order valence-electron chi connectivity index (χ4n) is 4.43. The lowest BCUT2D eigenvalue weighted by Gasteiger charge is -2.41. The molecule has 0 fully saturated rings. The van der Waals surface area contributed by atoms with Crippen molar-refractivity contribution in [3.05, 3.63) is 59.2 Å². The van der Waals surface area contributed by atoms with Crippen LogP contribution in [0.3, 0.4) is 0 Å². The van der Waals surface area contributed by atoms with Gasteiger partial charge in [0.25, 0.3) is 5.91 Å². The topological polar surface area (TPSA) is 101 Å². The molecule has 1 atom stereocenters. The van der Waals surface area contributed by atoms with Crippen LogP contribution in [-0.4, -0.2) is 48.7 Å². The number of H-pyrrole nitrogens is 1. The van der Waals surface area contributed by atoms with Crippen molar-refractivity contribution in [2.75, 3.05) is 0 Å². The third-order valence-corrected chi connectivity index (χ3v) is 6.43. The first kappa shape index (κ1) is 27.3. The summed E-state index contributed by atoms with van der Waals surface area (Å²) in [7, 11) is 0. The second-order valence-electron chi connectivity index (χ2n) is 9.43. The summed E-state index contributed by atoms with van der Waals surface area (Å²) in [5.41, 5.74) is -2.37. The smallest absolute Gasteiger partial charge is 0.334 e. The lowest BCUT2D eigenvalue weighted by Crippen LogP contribution is -2.58. The van der Waals surface area contributed by atoms with Crippen LogP contribution in [0.5, 0.6) is 0 Å². The van der Waals surface area contributed by atoms with Crippen molar-refractivity contribution in [2.24, 2.45) is 0 Å². The number of aromatic amines is 1. The quantitative estimate of drug-likeness (QED) is 0.304.